The van der Waals surface area contributed by atoms with Gasteiger partial charge in [-0.15, -0.1) is 0 Å². The molecule has 0 aromatic rings. The minimum Gasteiger partial charge on any atom is -0.481 e. The van der Waals surface area contributed by atoms with E-state index in [2.05, 4.69) is 19.1 Å². The number of aliphatic carboxylic acids is 1. The van der Waals surface area contributed by atoms with E-state index in [0.29, 0.717) is 6.42 Å². The molecule has 0 radical (unpaired) electrons. The monoisotopic (exact) mass is 340 g/mol. The van der Waals surface area contributed by atoms with Crippen molar-refractivity contribution < 1.29 is 15.0 Å². The molecule has 0 aliphatic rings. The van der Waals surface area contributed by atoms with E-state index in [0.717, 1.165) is 44.9 Å². The fourth-order valence-electron chi connectivity index (χ4n) is 2.89. The molecule has 0 bridgehead atoms. The quantitative estimate of drug-likeness (QED) is 0.229. The fraction of sp³-hybridized carbons (Fsp3) is 0.857. The van der Waals surface area contributed by atoms with Crippen LogP contribution in [0.1, 0.15) is 110 Å². The third-order valence-electron chi connectivity index (χ3n) is 4.48. The third-order valence-corrected chi connectivity index (χ3v) is 4.48. The van der Waals surface area contributed by atoms with Crippen molar-refractivity contribution >= 4 is 5.97 Å². The maximum atomic E-state index is 10.4. The average Bonchev–Trinajstić information content (AvgIpc) is 2.55. The van der Waals surface area contributed by atoms with Crippen LogP contribution >= 0.6 is 0 Å². The Morgan fingerprint density at radius 1 is 0.833 bits per heavy atom. The van der Waals surface area contributed by atoms with Crippen LogP contribution in [0.15, 0.2) is 12.2 Å². The van der Waals surface area contributed by atoms with Gasteiger partial charge in [0, 0.05) is 6.42 Å². The van der Waals surface area contributed by atoms with E-state index in [-0.39, 0.29) is 6.10 Å². The smallest absolute Gasteiger partial charge is 0.303 e. The Labute approximate surface area is 149 Å². The van der Waals surface area contributed by atoms with Crippen LogP contribution in [0, 0.1) is 0 Å². The summed E-state index contributed by atoms with van der Waals surface area (Å²) in [6, 6.07) is 0. The minimum absolute atomic E-state index is 0.159. The number of hydrogen-bond donors (Lipinski definition) is 2. The van der Waals surface area contributed by atoms with E-state index in [4.69, 9.17) is 5.11 Å². The SMILES string of the molecule is CCCCCCC[C@@H](O)C/C=C\CCCCCCCCCC(=O)O. The number of aliphatic hydroxyl groups is 1. The van der Waals surface area contributed by atoms with Gasteiger partial charge in [-0.2, -0.15) is 0 Å². The molecule has 2 N–H and O–H groups in total. The Hall–Kier alpha value is -0.830. The van der Waals surface area contributed by atoms with Crippen molar-refractivity contribution in [3.8, 4) is 0 Å². The molecular formula is C21H40O3. The van der Waals surface area contributed by atoms with Gasteiger partial charge in [0.15, 0.2) is 0 Å². The molecule has 0 aromatic heterocycles. The van der Waals surface area contributed by atoms with Crippen molar-refractivity contribution in [3.05, 3.63) is 12.2 Å². The zero-order chi connectivity index (χ0) is 17.9. The first kappa shape index (κ1) is 23.2. The van der Waals surface area contributed by atoms with Crippen LogP contribution in [0.3, 0.4) is 0 Å². The number of carboxylic acids is 1. The van der Waals surface area contributed by atoms with E-state index in [9.17, 15) is 9.90 Å². The Balaban J connectivity index is 3.24. The molecule has 3 nitrogen and oxygen atoms in total. The van der Waals surface area contributed by atoms with Gasteiger partial charge in [0.05, 0.1) is 6.10 Å². The second-order valence-electron chi connectivity index (χ2n) is 6.97. The zero-order valence-corrected chi connectivity index (χ0v) is 15.8. The summed E-state index contributed by atoms with van der Waals surface area (Å²) in [4.78, 5) is 10.4. The number of allylic oxidation sites excluding steroid dienone is 1. The van der Waals surface area contributed by atoms with E-state index < -0.39 is 5.97 Å². The molecular weight excluding hydrogens is 300 g/mol. The van der Waals surface area contributed by atoms with Gasteiger partial charge in [-0.25, -0.2) is 0 Å². The van der Waals surface area contributed by atoms with Crippen LogP contribution in [0.4, 0.5) is 0 Å². The first-order chi connectivity index (χ1) is 11.7. The Kier molecular flexibility index (Phi) is 17.9. The second kappa shape index (κ2) is 18.5. The summed E-state index contributed by atoms with van der Waals surface area (Å²) < 4.78 is 0. The summed E-state index contributed by atoms with van der Waals surface area (Å²) >= 11 is 0. The number of carbonyl (C=O) groups is 1. The molecule has 142 valence electrons. The molecule has 0 aromatic carbocycles. The molecule has 0 saturated heterocycles. The molecule has 0 saturated carbocycles. The van der Waals surface area contributed by atoms with E-state index in [1.165, 1.54) is 51.4 Å². The lowest BCUT2D eigenvalue weighted by atomic mass is 10.1. The summed E-state index contributed by atoms with van der Waals surface area (Å²) in [6.45, 7) is 2.22. The minimum atomic E-state index is -0.677. The highest BCUT2D eigenvalue weighted by Gasteiger charge is 2.01. The summed E-state index contributed by atoms with van der Waals surface area (Å²) in [7, 11) is 0. The molecule has 0 rings (SSSR count). The van der Waals surface area contributed by atoms with Crippen LogP contribution < -0.4 is 0 Å². The summed E-state index contributed by atoms with van der Waals surface area (Å²) in [5.41, 5.74) is 0. The number of aliphatic hydroxyl groups excluding tert-OH is 1. The lowest BCUT2D eigenvalue weighted by molar-refractivity contribution is -0.137. The highest BCUT2D eigenvalue weighted by atomic mass is 16.4. The lowest BCUT2D eigenvalue weighted by Gasteiger charge is -2.07. The summed E-state index contributed by atoms with van der Waals surface area (Å²) in [5.74, 6) is -0.677. The highest BCUT2D eigenvalue weighted by molar-refractivity contribution is 5.66. The van der Waals surface area contributed by atoms with Crippen LogP contribution in [0.5, 0.6) is 0 Å². The number of hydrogen-bond acceptors (Lipinski definition) is 2. The predicted octanol–water partition coefficient (Wildman–Crippen LogP) is 6.25. The maximum Gasteiger partial charge on any atom is 0.303 e. The van der Waals surface area contributed by atoms with Crippen molar-refractivity contribution in [3.63, 3.8) is 0 Å². The molecule has 24 heavy (non-hydrogen) atoms. The average molecular weight is 341 g/mol. The van der Waals surface area contributed by atoms with Gasteiger partial charge in [-0.1, -0.05) is 83.3 Å². The molecule has 0 heterocycles. The number of unbranched alkanes of at least 4 members (excludes halogenated alkanes) is 11. The number of rotatable bonds is 18. The van der Waals surface area contributed by atoms with Crippen LogP contribution in [-0.4, -0.2) is 22.3 Å². The van der Waals surface area contributed by atoms with Crippen molar-refractivity contribution in [2.45, 2.75) is 116 Å². The second-order valence-corrected chi connectivity index (χ2v) is 6.97. The summed E-state index contributed by atoms with van der Waals surface area (Å²) in [5, 5.41) is 18.4. The summed E-state index contributed by atoms with van der Waals surface area (Å²) in [6.07, 6.45) is 21.6. The van der Waals surface area contributed by atoms with Gasteiger partial charge in [0.25, 0.3) is 0 Å². The maximum absolute atomic E-state index is 10.4. The predicted molar refractivity (Wildman–Crippen MR) is 102 cm³/mol. The van der Waals surface area contributed by atoms with Gasteiger partial charge < -0.3 is 10.2 Å². The topological polar surface area (TPSA) is 57.5 Å². The van der Waals surface area contributed by atoms with Crippen LogP contribution in [0.2, 0.25) is 0 Å². The van der Waals surface area contributed by atoms with Gasteiger partial charge >= 0.3 is 5.97 Å². The van der Waals surface area contributed by atoms with Gasteiger partial charge in [-0.05, 0) is 32.1 Å². The molecule has 0 spiro atoms. The Morgan fingerprint density at radius 2 is 1.42 bits per heavy atom. The van der Waals surface area contributed by atoms with E-state index in [1.54, 1.807) is 0 Å². The molecule has 0 unspecified atom stereocenters. The zero-order valence-electron chi connectivity index (χ0n) is 15.8. The Morgan fingerprint density at radius 3 is 2.08 bits per heavy atom. The molecule has 1 atom stereocenters. The van der Waals surface area contributed by atoms with Crippen molar-refractivity contribution in [1.82, 2.24) is 0 Å². The van der Waals surface area contributed by atoms with Crippen LogP contribution in [-0.2, 0) is 4.79 Å². The van der Waals surface area contributed by atoms with Crippen molar-refractivity contribution in [2.75, 3.05) is 0 Å². The van der Waals surface area contributed by atoms with E-state index >= 15 is 0 Å². The highest BCUT2D eigenvalue weighted by Crippen LogP contribution is 2.11. The Bertz CT molecular complexity index is 299. The molecule has 0 aliphatic carbocycles. The third kappa shape index (κ3) is 19.2. The normalized spacial score (nSPS) is 12.8. The van der Waals surface area contributed by atoms with Crippen molar-refractivity contribution in [1.29, 1.82) is 0 Å². The standard InChI is InChI=1S/C21H40O3/c1-2-3-4-11-14-17-20(22)18-15-12-9-7-5-6-8-10-13-16-19-21(23)24/h12,15,20,22H,2-11,13-14,16-19H2,1H3,(H,23,24)/b15-12-/t20-/m1/s1. The van der Waals surface area contributed by atoms with Gasteiger partial charge in [-0.3, -0.25) is 4.79 Å². The lowest BCUT2D eigenvalue weighted by Crippen LogP contribution is -2.04. The molecule has 0 aliphatic heterocycles. The van der Waals surface area contributed by atoms with Gasteiger partial charge in [0.1, 0.15) is 0 Å². The fourth-order valence-corrected chi connectivity index (χ4v) is 2.89. The molecule has 0 amide bonds. The van der Waals surface area contributed by atoms with Gasteiger partial charge in [0.2, 0.25) is 0 Å². The molecule has 0 fully saturated rings. The van der Waals surface area contributed by atoms with Crippen molar-refractivity contribution in [2.24, 2.45) is 0 Å². The van der Waals surface area contributed by atoms with Crippen LogP contribution in [0.25, 0.3) is 0 Å². The first-order valence-corrected chi connectivity index (χ1v) is 10.2. The largest absolute Gasteiger partial charge is 0.481 e. The molecule has 3 heteroatoms. The number of carboxylic acid groups (broad SMARTS) is 1. The van der Waals surface area contributed by atoms with E-state index in [1.807, 2.05) is 0 Å². The first-order valence-electron chi connectivity index (χ1n) is 10.2.